The standard InChI is InChI=1S/C27H30O14/c1-10-20(32)22(34)24(36)26(37-10)41-25-23(35)21(33)18(9-28)40-27(25)38-13-6-14(30)19-15(31)8-16(39-17(19)7-13)11-2-4-12(29)5-3-11/h2-8,10,18,20-30,32-36H,9H2,1H3/t10?,18?,20-,21-,22?,23?,24+,25+,26+,27-/m1/s1. The first-order valence-electron chi connectivity index (χ1n) is 12.7. The highest BCUT2D eigenvalue weighted by Crippen LogP contribution is 2.35. The SMILES string of the molecule is CC1O[C@@H](O[C@H]2C(O)[C@H](O)C(CO)O[C@H]2Oc2cc(O)c3c(=O)cc(-c4ccc(O)cc4)oc3c2)[C@@H](O)C(O)[C@@H]1O. The van der Waals surface area contributed by atoms with Crippen molar-refractivity contribution in [2.45, 2.75) is 68.3 Å². The number of phenolic OH excluding ortho intramolecular Hbond substituents is 2. The summed E-state index contributed by atoms with van der Waals surface area (Å²) in [5.74, 6) is -0.498. The first-order chi connectivity index (χ1) is 19.5. The maximum absolute atomic E-state index is 12.8. The van der Waals surface area contributed by atoms with Crippen LogP contribution >= 0.6 is 0 Å². The van der Waals surface area contributed by atoms with Gasteiger partial charge in [0.15, 0.2) is 17.8 Å². The Hall–Kier alpha value is -3.31. The van der Waals surface area contributed by atoms with Crippen molar-refractivity contribution in [3.63, 3.8) is 0 Å². The van der Waals surface area contributed by atoms with Gasteiger partial charge in [0.2, 0.25) is 6.29 Å². The molecule has 2 aliphatic heterocycles. The van der Waals surface area contributed by atoms with Crippen molar-refractivity contribution < 1.29 is 64.2 Å². The van der Waals surface area contributed by atoms with Crippen molar-refractivity contribution in [1.29, 1.82) is 0 Å². The van der Waals surface area contributed by atoms with Crippen LogP contribution in [0.4, 0.5) is 0 Å². The minimum atomic E-state index is -1.76. The molecule has 41 heavy (non-hydrogen) atoms. The summed E-state index contributed by atoms with van der Waals surface area (Å²) in [7, 11) is 0. The molecule has 2 fully saturated rings. The number of aromatic hydroxyl groups is 2. The van der Waals surface area contributed by atoms with Gasteiger partial charge in [-0.2, -0.15) is 0 Å². The third-order valence-corrected chi connectivity index (χ3v) is 7.11. The lowest BCUT2D eigenvalue weighted by Crippen LogP contribution is -2.64. The lowest BCUT2D eigenvalue weighted by Gasteiger charge is -2.45. The van der Waals surface area contributed by atoms with Gasteiger partial charge in [0, 0.05) is 23.8 Å². The quantitative estimate of drug-likeness (QED) is 0.174. The molecule has 3 aromatic rings. The summed E-state index contributed by atoms with van der Waals surface area (Å²) in [5.41, 5.74) is -0.182. The summed E-state index contributed by atoms with van der Waals surface area (Å²) in [6, 6.07) is 9.38. The van der Waals surface area contributed by atoms with Crippen LogP contribution in [0.15, 0.2) is 51.7 Å². The zero-order valence-corrected chi connectivity index (χ0v) is 21.5. The summed E-state index contributed by atoms with van der Waals surface area (Å²) in [5, 5.41) is 81.4. The van der Waals surface area contributed by atoms with Gasteiger partial charge >= 0.3 is 0 Å². The molecule has 5 rings (SSSR count). The summed E-state index contributed by atoms with van der Waals surface area (Å²) < 4.78 is 28.4. The first kappa shape index (κ1) is 29.2. The van der Waals surface area contributed by atoms with Crippen LogP contribution in [0.1, 0.15) is 6.92 Å². The number of aliphatic hydroxyl groups is 6. The fraction of sp³-hybridized carbons (Fsp3) is 0.444. The highest BCUT2D eigenvalue weighted by molar-refractivity contribution is 5.86. The van der Waals surface area contributed by atoms with Gasteiger partial charge in [-0.15, -0.1) is 0 Å². The van der Waals surface area contributed by atoms with Crippen molar-refractivity contribution in [3.8, 4) is 28.6 Å². The Labute approximate surface area is 231 Å². The van der Waals surface area contributed by atoms with E-state index in [1.165, 1.54) is 43.3 Å². The summed E-state index contributed by atoms with van der Waals surface area (Å²) >= 11 is 0. The van der Waals surface area contributed by atoms with Crippen LogP contribution in [0.2, 0.25) is 0 Å². The molecule has 222 valence electrons. The smallest absolute Gasteiger partial charge is 0.229 e. The normalized spacial score (nSPS) is 34.0. The monoisotopic (exact) mass is 578 g/mol. The topological polar surface area (TPSA) is 229 Å². The summed E-state index contributed by atoms with van der Waals surface area (Å²) in [6.45, 7) is 0.704. The molecule has 2 saturated heterocycles. The number of phenols is 2. The second-order valence-electron chi connectivity index (χ2n) is 9.94. The number of fused-ring (bicyclic) bond motifs is 1. The van der Waals surface area contributed by atoms with Gasteiger partial charge in [0.25, 0.3) is 0 Å². The molecule has 2 aromatic carbocycles. The third-order valence-electron chi connectivity index (χ3n) is 7.11. The van der Waals surface area contributed by atoms with E-state index in [-0.39, 0.29) is 28.2 Å². The van der Waals surface area contributed by atoms with Crippen molar-refractivity contribution >= 4 is 11.0 Å². The van der Waals surface area contributed by atoms with E-state index in [0.717, 1.165) is 6.07 Å². The van der Waals surface area contributed by atoms with Gasteiger partial charge < -0.3 is 64.2 Å². The number of rotatable bonds is 6. The van der Waals surface area contributed by atoms with E-state index in [0.29, 0.717) is 5.56 Å². The molecule has 3 heterocycles. The summed E-state index contributed by atoms with van der Waals surface area (Å²) in [6.07, 6.45) is -15.3. The fourth-order valence-corrected chi connectivity index (χ4v) is 4.79. The second-order valence-corrected chi connectivity index (χ2v) is 9.94. The zero-order valence-electron chi connectivity index (χ0n) is 21.5. The van der Waals surface area contributed by atoms with Crippen LogP contribution in [0.3, 0.4) is 0 Å². The molecular weight excluding hydrogens is 548 g/mol. The van der Waals surface area contributed by atoms with Crippen molar-refractivity contribution in [2.24, 2.45) is 0 Å². The number of hydrogen-bond acceptors (Lipinski definition) is 14. The number of ether oxygens (including phenoxy) is 4. The van der Waals surface area contributed by atoms with E-state index in [1.54, 1.807) is 0 Å². The Balaban J connectivity index is 1.47. The van der Waals surface area contributed by atoms with Crippen LogP contribution in [0, 0.1) is 0 Å². The average Bonchev–Trinajstić information content (AvgIpc) is 2.94. The molecule has 0 saturated carbocycles. The molecule has 1 aromatic heterocycles. The van der Waals surface area contributed by atoms with Crippen LogP contribution in [-0.2, 0) is 14.2 Å². The van der Waals surface area contributed by atoms with Gasteiger partial charge in [-0.05, 0) is 31.2 Å². The number of benzene rings is 2. The van der Waals surface area contributed by atoms with Gasteiger partial charge in [-0.1, -0.05) is 0 Å². The van der Waals surface area contributed by atoms with E-state index in [1.807, 2.05) is 0 Å². The number of aliphatic hydroxyl groups excluding tert-OH is 6. The molecular formula is C27H30O14. The van der Waals surface area contributed by atoms with E-state index >= 15 is 0 Å². The second kappa shape index (κ2) is 11.5. The molecule has 14 nitrogen and oxygen atoms in total. The fourth-order valence-electron chi connectivity index (χ4n) is 4.79. The molecule has 0 radical (unpaired) electrons. The largest absolute Gasteiger partial charge is 0.508 e. The predicted octanol–water partition coefficient (Wildman–Crippen LogP) is -1.10. The molecule has 0 bridgehead atoms. The van der Waals surface area contributed by atoms with Crippen LogP contribution in [0.25, 0.3) is 22.3 Å². The van der Waals surface area contributed by atoms with E-state index in [2.05, 4.69) is 0 Å². The highest BCUT2D eigenvalue weighted by atomic mass is 16.8. The molecule has 2 aliphatic rings. The van der Waals surface area contributed by atoms with Crippen molar-refractivity contribution in [1.82, 2.24) is 0 Å². The molecule has 0 aliphatic carbocycles. The van der Waals surface area contributed by atoms with Crippen molar-refractivity contribution in [2.75, 3.05) is 6.61 Å². The van der Waals surface area contributed by atoms with Gasteiger partial charge in [0.1, 0.15) is 70.6 Å². The Kier molecular flexibility index (Phi) is 8.20. The Morgan fingerprint density at radius 1 is 0.829 bits per heavy atom. The Bertz CT molecular complexity index is 1420. The lowest BCUT2D eigenvalue weighted by atomic mass is 9.97. The molecule has 10 atom stereocenters. The van der Waals surface area contributed by atoms with Gasteiger partial charge in [-0.3, -0.25) is 4.79 Å². The predicted molar refractivity (Wildman–Crippen MR) is 137 cm³/mol. The van der Waals surface area contributed by atoms with Crippen LogP contribution in [0.5, 0.6) is 17.2 Å². The lowest BCUT2D eigenvalue weighted by molar-refractivity contribution is -0.354. The van der Waals surface area contributed by atoms with Crippen LogP contribution in [-0.4, -0.2) is 109 Å². The highest BCUT2D eigenvalue weighted by Gasteiger charge is 2.50. The van der Waals surface area contributed by atoms with Gasteiger partial charge in [-0.25, -0.2) is 0 Å². The molecule has 0 spiro atoms. The molecule has 14 heteroatoms. The first-order valence-corrected chi connectivity index (χ1v) is 12.7. The number of hydrogen-bond donors (Lipinski definition) is 8. The average molecular weight is 579 g/mol. The van der Waals surface area contributed by atoms with Crippen LogP contribution < -0.4 is 10.2 Å². The maximum atomic E-state index is 12.8. The zero-order chi connectivity index (χ0) is 29.6. The van der Waals surface area contributed by atoms with E-state index in [9.17, 15) is 45.6 Å². The maximum Gasteiger partial charge on any atom is 0.229 e. The van der Waals surface area contributed by atoms with Gasteiger partial charge in [0.05, 0.1) is 12.7 Å². The van der Waals surface area contributed by atoms with E-state index in [4.69, 9.17) is 23.4 Å². The van der Waals surface area contributed by atoms with E-state index < -0.39 is 79.2 Å². The molecule has 0 amide bonds. The molecule has 8 N–H and O–H groups in total. The minimum Gasteiger partial charge on any atom is -0.508 e. The Morgan fingerprint density at radius 3 is 2.22 bits per heavy atom. The summed E-state index contributed by atoms with van der Waals surface area (Å²) in [4.78, 5) is 12.8. The minimum absolute atomic E-state index is 0.00857. The third kappa shape index (κ3) is 5.61. The van der Waals surface area contributed by atoms with Crippen molar-refractivity contribution in [3.05, 3.63) is 52.7 Å². The Morgan fingerprint density at radius 2 is 1.54 bits per heavy atom. The molecule has 4 unspecified atom stereocenters.